The van der Waals surface area contributed by atoms with Crippen molar-refractivity contribution < 1.29 is 9.53 Å². The molecule has 1 aliphatic rings. The lowest BCUT2D eigenvalue weighted by Crippen LogP contribution is -2.12. The van der Waals surface area contributed by atoms with E-state index in [-0.39, 0.29) is 11.7 Å². The molecule has 0 heterocycles. The summed E-state index contributed by atoms with van der Waals surface area (Å²) in [5.41, 5.74) is 1.73. The van der Waals surface area contributed by atoms with Gasteiger partial charge in [-0.2, -0.15) is 5.26 Å². The Balaban J connectivity index is 2.28. The maximum atomic E-state index is 11.9. The quantitative estimate of drug-likeness (QED) is 0.797. The number of hydrogen-bond donors (Lipinski definition) is 0. The molecule has 1 aromatic carbocycles. The maximum absolute atomic E-state index is 11.9. The van der Waals surface area contributed by atoms with E-state index in [0.29, 0.717) is 0 Å². The Morgan fingerprint density at radius 3 is 2.71 bits per heavy atom. The number of carbonyl (C=O) groups excluding carboxylic acids is 1. The average molecular weight is 229 g/mol. The number of ether oxygens (including phenoxy) is 1. The van der Waals surface area contributed by atoms with Crippen molar-refractivity contribution in [3.63, 3.8) is 0 Å². The van der Waals surface area contributed by atoms with Crippen molar-refractivity contribution in [2.24, 2.45) is 5.92 Å². The van der Waals surface area contributed by atoms with Gasteiger partial charge in [0.05, 0.1) is 13.2 Å². The molecule has 88 valence electrons. The first-order valence-corrected chi connectivity index (χ1v) is 5.75. The topological polar surface area (TPSA) is 50.1 Å². The third kappa shape index (κ3) is 2.31. The van der Waals surface area contributed by atoms with Gasteiger partial charge in [0.2, 0.25) is 0 Å². The van der Waals surface area contributed by atoms with Gasteiger partial charge in [0, 0.05) is 5.92 Å². The van der Waals surface area contributed by atoms with E-state index in [2.05, 4.69) is 6.07 Å². The molecule has 0 amide bonds. The summed E-state index contributed by atoms with van der Waals surface area (Å²) in [5, 5.41) is 9.14. The van der Waals surface area contributed by atoms with Gasteiger partial charge in [-0.15, -0.1) is 0 Å². The van der Waals surface area contributed by atoms with Crippen LogP contribution in [0.2, 0.25) is 0 Å². The zero-order valence-corrected chi connectivity index (χ0v) is 10.1. The van der Waals surface area contributed by atoms with Crippen molar-refractivity contribution >= 4 is 5.78 Å². The van der Waals surface area contributed by atoms with E-state index in [4.69, 9.17) is 10.00 Å². The van der Waals surface area contributed by atoms with Crippen LogP contribution in [0.25, 0.3) is 0 Å². The highest BCUT2D eigenvalue weighted by molar-refractivity contribution is 5.92. The van der Waals surface area contributed by atoms with Gasteiger partial charge in [-0.3, -0.25) is 4.79 Å². The first kappa shape index (κ1) is 11.7. The Labute approximate surface area is 101 Å². The van der Waals surface area contributed by atoms with Crippen LogP contribution in [0.3, 0.4) is 0 Å². The fourth-order valence-corrected chi connectivity index (χ4v) is 1.99. The smallest absolute Gasteiger partial charge is 0.157 e. The molecule has 0 radical (unpaired) electrons. The van der Waals surface area contributed by atoms with Crippen LogP contribution in [0.15, 0.2) is 18.2 Å². The molecule has 0 aromatic heterocycles. The van der Waals surface area contributed by atoms with Gasteiger partial charge in [-0.1, -0.05) is 12.1 Å². The zero-order chi connectivity index (χ0) is 12.4. The molecule has 1 aromatic rings. The molecule has 1 unspecified atom stereocenters. The molecule has 1 atom stereocenters. The predicted octanol–water partition coefficient (Wildman–Crippen LogP) is 2.59. The van der Waals surface area contributed by atoms with Crippen molar-refractivity contribution in [1.29, 1.82) is 5.26 Å². The molecular weight excluding hydrogens is 214 g/mol. The molecule has 0 spiro atoms. The van der Waals surface area contributed by atoms with E-state index in [1.807, 2.05) is 19.1 Å². The summed E-state index contributed by atoms with van der Waals surface area (Å²) in [6, 6.07) is 7.60. The van der Waals surface area contributed by atoms with Gasteiger partial charge in [-0.05, 0) is 37.0 Å². The zero-order valence-electron chi connectivity index (χ0n) is 10.1. The minimum Gasteiger partial charge on any atom is -0.496 e. The lowest BCUT2D eigenvalue weighted by Gasteiger charge is -2.11. The van der Waals surface area contributed by atoms with Crippen molar-refractivity contribution in [2.75, 3.05) is 7.11 Å². The summed E-state index contributed by atoms with van der Waals surface area (Å²) in [7, 11) is 1.61. The third-order valence-corrected chi connectivity index (χ3v) is 3.15. The number of nitriles is 1. The molecule has 0 aliphatic heterocycles. The van der Waals surface area contributed by atoms with E-state index >= 15 is 0 Å². The Bertz CT molecular complexity index is 483. The SMILES string of the molecule is COc1ccc(C(C#N)C(=O)C2CC2)cc1C. The summed E-state index contributed by atoms with van der Waals surface area (Å²) in [6.07, 6.45) is 1.87. The standard InChI is InChI=1S/C14H15NO2/c1-9-7-11(5-6-13(9)17-2)12(8-15)14(16)10-3-4-10/h5-7,10,12H,3-4H2,1-2H3. The molecule has 0 saturated heterocycles. The van der Waals surface area contributed by atoms with E-state index in [1.54, 1.807) is 13.2 Å². The Morgan fingerprint density at radius 2 is 2.24 bits per heavy atom. The van der Waals surface area contributed by atoms with Gasteiger partial charge in [-0.25, -0.2) is 0 Å². The maximum Gasteiger partial charge on any atom is 0.157 e. The van der Waals surface area contributed by atoms with Crippen LogP contribution in [-0.2, 0) is 4.79 Å². The van der Waals surface area contributed by atoms with Crippen LogP contribution in [0.4, 0.5) is 0 Å². The third-order valence-electron chi connectivity index (χ3n) is 3.15. The number of benzene rings is 1. The Kier molecular flexibility index (Phi) is 3.14. The number of ketones is 1. The summed E-state index contributed by atoms with van der Waals surface area (Å²) < 4.78 is 5.17. The fourth-order valence-electron chi connectivity index (χ4n) is 1.99. The minimum absolute atomic E-state index is 0.0667. The largest absolute Gasteiger partial charge is 0.496 e. The summed E-state index contributed by atoms with van der Waals surface area (Å²) >= 11 is 0. The van der Waals surface area contributed by atoms with Crippen LogP contribution in [0.5, 0.6) is 5.75 Å². The molecule has 0 bridgehead atoms. The molecule has 1 saturated carbocycles. The molecule has 2 rings (SSSR count). The molecule has 0 N–H and O–H groups in total. The molecule has 3 nitrogen and oxygen atoms in total. The van der Waals surface area contributed by atoms with Crippen LogP contribution >= 0.6 is 0 Å². The second-order valence-electron chi connectivity index (χ2n) is 4.47. The second kappa shape index (κ2) is 4.58. The second-order valence-corrected chi connectivity index (χ2v) is 4.47. The highest BCUT2D eigenvalue weighted by Crippen LogP contribution is 2.36. The number of aryl methyl sites for hydroxylation is 1. The van der Waals surface area contributed by atoms with Gasteiger partial charge < -0.3 is 4.74 Å². The summed E-state index contributed by atoms with van der Waals surface area (Å²) in [5.74, 6) is 0.343. The van der Waals surface area contributed by atoms with Crippen molar-refractivity contribution in [2.45, 2.75) is 25.7 Å². The normalized spacial score (nSPS) is 16.1. The van der Waals surface area contributed by atoms with Crippen molar-refractivity contribution in [3.8, 4) is 11.8 Å². The number of methoxy groups -OCH3 is 1. The predicted molar refractivity (Wildman–Crippen MR) is 63.8 cm³/mol. The van der Waals surface area contributed by atoms with E-state index in [1.165, 1.54) is 0 Å². The Morgan fingerprint density at radius 1 is 1.53 bits per heavy atom. The summed E-state index contributed by atoms with van der Waals surface area (Å²) in [4.78, 5) is 11.9. The van der Waals surface area contributed by atoms with E-state index in [0.717, 1.165) is 29.7 Å². The average Bonchev–Trinajstić information content (AvgIpc) is 3.14. The molecular formula is C14H15NO2. The first-order chi connectivity index (χ1) is 8.17. The number of nitrogens with zero attached hydrogens (tertiary/aromatic N) is 1. The van der Waals surface area contributed by atoms with Crippen LogP contribution in [0.1, 0.15) is 29.9 Å². The molecule has 3 heteroatoms. The lowest BCUT2D eigenvalue weighted by molar-refractivity contribution is -0.120. The monoisotopic (exact) mass is 229 g/mol. The number of hydrogen-bond acceptors (Lipinski definition) is 3. The van der Waals surface area contributed by atoms with Crippen LogP contribution < -0.4 is 4.74 Å². The van der Waals surface area contributed by atoms with Crippen LogP contribution in [0, 0.1) is 24.2 Å². The fraction of sp³-hybridized carbons (Fsp3) is 0.429. The van der Waals surface area contributed by atoms with Gasteiger partial charge in [0.15, 0.2) is 5.78 Å². The van der Waals surface area contributed by atoms with Gasteiger partial charge in [0.25, 0.3) is 0 Å². The lowest BCUT2D eigenvalue weighted by atomic mass is 9.92. The first-order valence-electron chi connectivity index (χ1n) is 5.75. The molecule has 17 heavy (non-hydrogen) atoms. The molecule has 1 aliphatic carbocycles. The van der Waals surface area contributed by atoms with Crippen LogP contribution in [-0.4, -0.2) is 12.9 Å². The van der Waals surface area contributed by atoms with E-state index < -0.39 is 5.92 Å². The highest BCUT2D eigenvalue weighted by atomic mass is 16.5. The highest BCUT2D eigenvalue weighted by Gasteiger charge is 2.35. The number of rotatable bonds is 4. The van der Waals surface area contributed by atoms with Gasteiger partial charge >= 0.3 is 0 Å². The Hall–Kier alpha value is -1.82. The number of carbonyl (C=O) groups is 1. The van der Waals surface area contributed by atoms with E-state index in [9.17, 15) is 4.79 Å². The van der Waals surface area contributed by atoms with Crippen molar-refractivity contribution in [1.82, 2.24) is 0 Å². The minimum atomic E-state index is -0.618. The van der Waals surface area contributed by atoms with Gasteiger partial charge in [0.1, 0.15) is 11.7 Å². The molecule has 1 fully saturated rings. The number of Topliss-reactive ketones (excluding diaryl/α,β-unsaturated/α-hetero) is 1. The summed E-state index contributed by atoms with van der Waals surface area (Å²) in [6.45, 7) is 1.92. The van der Waals surface area contributed by atoms with Crippen molar-refractivity contribution in [3.05, 3.63) is 29.3 Å².